The minimum absolute atomic E-state index is 0.0397. The van der Waals surface area contributed by atoms with Crippen molar-refractivity contribution in [2.75, 3.05) is 21.3 Å². The summed E-state index contributed by atoms with van der Waals surface area (Å²) in [5.74, 6) is 0.0296. The number of hydrogen-bond donors (Lipinski definition) is 0. The van der Waals surface area contributed by atoms with Crippen molar-refractivity contribution in [3.8, 4) is 11.5 Å². The van der Waals surface area contributed by atoms with Crippen LogP contribution in [0.5, 0.6) is 11.5 Å². The molecule has 6 nitrogen and oxygen atoms in total. The third kappa shape index (κ3) is 4.04. The Morgan fingerprint density at radius 2 is 1.54 bits per heavy atom. The van der Waals surface area contributed by atoms with Gasteiger partial charge in [0.05, 0.1) is 32.5 Å². The highest BCUT2D eigenvalue weighted by Gasteiger charge is 2.13. The molecule has 0 radical (unpaired) electrons. The SMILES string of the molecule is COC(=O)c1cccc(COC(=O)c2ccc(OC)c(OC)c2)c1. The molecule has 0 bridgehead atoms. The predicted octanol–water partition coefficient (Wildman–Crippen LogP) is 2.85. The maximum atomic E-state index is 12.2. The van der Waals surface area contributed by atoms with E-state index >= 15 is 0 Å². The topological polar surface area (TPSA) is 71.1 Å². The van der Waals surface area contributed by atoms with E-state index in [4.69, 9.17) is 14.2 Å². The van der Waals surface area contributed by atoms with Crippen LogP contribution in [0.3, 0.4) is 0 Å². The highest BCUT2D eigenvalue weighted by Crippen LogP contribution is 2.27. The molecule has 0 saturated heterocycles. The third-order valence-electron chi connectivity index (χ3n) is 3.34. The van der Waals surface area contributed by atoms with Crippen LogP contribution in [-0.4, -0.2) is 33.3 Å². The lowest BCUT2D eigenvalue weighted by Crippen LogP contribution is -2.07. The minimum Gasteiger partial charge on any atom is -0.493 e. The van der Waals surface area contributed by atoms with Gasteiger partial charge in [-0.05, 0) is 35.9 Å². The first-order valence-electron chi connectivity index (χ1n) is 7.15. The number of benzene rings is 2. The summed E-state index contributed by atoms with van der Waals surface area (Å²) in [6.07, 6.45) is 0. The van der Waals surface area contributed by atoms with Crippen LogP contribution in [-0.2, 0) is 16.1 Å². The van der Waals surface area contributed by atoms with Crippen molar-refractivity contribution in [2.45, 2.75) is 6.61 Å². The quantitative estimate of drug-likeness (QED) is 0.759. The number of rotatable bonds is 6. The van der Waals surface area contributed by atoms with Gasteiger partial charge in [-0.1, -0.05) is 12.1 Å². The lowest BCUT2D eigenvalue weighted by Gasteiger charge is -2.10. The van der Waals surface area contributed by atoms with Gasteiger partial charge in [0.25, 0.3) is 0 Å². The summed E-state index contributed by atoms with van der Waals surface area (Å²) >= 11 is 0. The standard InChI is InChI=1S/C18H18O6/c1-21-15-8-7-14(10-16(15)22-2)18(20)24-11-12-5-4-6-13(9-12)17(19)23-3/h4-10H,11H2,1-3H3. The molecule has 6 heteroatoms. The second-order valence-corrected chi connectivity index (χ2v) is 4.84. The van der Waals surface area contributed by atoms with E-state index in [1.807, 2.05) is 0 Å². The molecule has 2 aromatic rings. The predicted molar refractivity (Wildman–Crippen MR) is 86.4 cm³/mol. The van der Waals surface area contributed by atoms with Crippen molar-refractivity contribution in [3.63, 3.8) is 0 Å². The van der Waals surface area contributed by atoms with E-state index in [0.717, 1.165) is 0 Å². The van der Waals surface area contributed by atoms with Crippen LogP contribution < -0.4 is 9.47 Å². The smallest absolute Gasteiger partial charge is 0.338 e. The van der Waals surface area contributed by atoms with Crippen LogP contribution in [0.25, 0.3) is 0 Å². The van der Waals surface area contributed by atoms with Crippen LogP contribution in [0, 0.1) is 0 Å². The molecule has 0 aliphatic carbocycles. The molecule has 0 atom stereocenters. The molecule has 2 aromatic carbocycles. The number of carbonyl (C=O) groups excluding carboxylic acids is 2. The molecule has 126 valence electrons. The van der Waals surface area contributed by atoms with Crippen molar-refractivity contribution in [2.24, 2.45) is 0 Å². The Bertz CT molecular complexity index is 738. The Balaban J connectivity index is 2.07. The minimum atomic E-state index is -0.501. The molecule has 0 unspecified atom stereocenters. The second-order valence-electron chi connectivity index (χ2n) is 4.84. The molecule has 0 heterocycles. The van der Waals surface area contributed by atoms with Gasteiger partial charge in [0.2, 0.25) is 0 Å². The number of hydrogen-bond acceptors (Lipinski definition) is 6. The van der Waals surface area contributed by atoms with Gasteiger partial charge in [-0.15, -0.1) is 0 Å². The van der Waals surface area contributed by atoms with E-state index in [-0.39, 0.29) is 6.61 Å². The van der Waals surface area contributed by atoms with E-state index < -0.39 is 11.9 Å². The lowest BCUT2D eigenvalue weighted by atomic mass is 10.1. The largest absolute Gasteiger partial charge is 0.493 e. The normalized spacial score (nSPS) is 9.96. The van der Waals surface area contributed by atoms with Gasteiger partial charge >= 0.3 is 11.9 Å². The Labute approximate surface area is 139 Å². The molecule has 0 fully saturated rings. The lowest BCUT2D eigenvalue weighted by molar-refractivity contribution is 0.0472. The summed E-state index contributed by atoms with van der Waals surface area (Å²) in [6, 6.07) is 11.5. The van der Waals surface area contributed by atoms with Crippen molar-refractivity contribution >= 4 is 11.9 Å². The van der Waals surface area contributed by atoms with Crippen LogP contribution in [0.4, 0.5) is 0 Å². The van der Waals surface area contributed by atoms with Crippen LogP contribution >= 0.6 is 0 Å². The molecule has 24 heavy (non-hydrogen) atoms. The van der Waals surface area contributed by atoms with Crippen molar-refractivity contribution < 1.29 is 28.5 Å². The van der Waals surface area contributed by atoms with E-state index in [1.54, 1.807) is 42.5 Å². The Kier molecular flexibility index (Phi) is 5.78. The first-order valence-corrected chi connectivity index (χ1v) is 7.15. The fourth-order valence-electron chi connectivity index (χ4n) is 2.10. The van der Waals surface area contributed by atoms with Gasteiger partial charge in [-0.3, -0.25) is 0 Å². The van der Waals surface area contributed by atoms with Crippen LogP contribution in [0.1, 0.15) is 26.3 Å². The number of carbonyl (C=O) groups is 2. The average Bonchev–Trinajstić information content (AvgIpc) is 2.64. The van der Waals surface area contributed by atoms with E-state index in [2.05, 4.69) is 4.74 Å². The van der Waals surface area contributed by atoms with Crippen molar-refractivity contribution in [1.82, 2.24) is 0 Å². The number of ether oxygens (including phenoxy) is 4. The van der Waals surface area contributed by atoms with Crippen LogP contribution in [0.15, 0.2) is 42.5 Å². The molecule has 0 amide bonds. The summed E-state index contributed by atoms with van der Waals surface area (Å²) in [5.41, 5.74) is 1.43. The maximum absolute atomic E-state index is 12.2. The van der Waals surface area contributed by atoms with E-state index in [9.17, 15) is 9.59 Å². The van der Waals surface area contributed by atoms with Crippen LogP contribution in [0.2, 0.25) is 0 Å². The zero-order valence-electron chi connectivity index (χ0n) is 13.7. The fourth-order valence-corrected chi connectivity index (χ4v) is 2.10. The molecule has 2 rings (SSSR count). The third-order valence-corrected chi connectivity index (χ3v) is 3.34. The summed E-state index contributed by atoms with van der Waals surface area (Å²) < 4.78 is 20.2. The summed E-state index contributed by atoms with van der Waals surface area (Å²) in [6.45, 7) is 0.0397. The average molecular weight is 330 g/mol. The highest BCUT2D eigenvalue weighted by molar-refractivity contribution is 5.90. The zero-order valence-corrected chi connectivity index (χ0v) is 13.7. The van der Waals surface area contributed by atoms with Crippen molar-refractivity contribution in [1.29, 1.82) is 0 Å². The summed E-state index contributed by atoms with van der Waals surface area (Å²) in [7, 11) is 4.32. The number of methoxy groups -OCH3 is 3. The molecule has 0 aromatic heterocycles. The monoisotopic (exact) mass is 330 g/mol. The van der Waals surface area contributed by atoms with Gasteiger partial charge in [0.15, 0.2) is 11.5 Å². The molecular formula is C18H18O6. The first-order chi connectivity index (χ1) is 11.6. The molecule has 0 saturated carbocycles. The second kappa shape index (κ2) is 8.01. The number of esters is 2. The summed E-state index contributed by atoms with van der Waals surface area (Å²) in [4.78, 5) is 23.7. The van der Waals surface area contributed by atoms with Gasteiger partial charge in [0.1, 0.15) is 6.61 Å². The molecule has 0 spiro atoms. The maximum Gasteiger partial charge on any atom is 0.338 e. The molecule has 0 N–H and O–H groups in total. The van der Waals surface area contributed by atoms with Gasteiger partial charge in [-0.25, -0.2) is 9.59 Å². The van der Waals surface area contributed by atoms with Gasteiger partial charge < -0.3 is 18.9 Å². The Morgan fingerprint density at radius 3 is 2.21 bits per heavy atom. The summed E-state index contributed by atoms with van der Waals surface area (Å²) in [5, 5.41) is 0. The molecular weight excluding hydrogens is 312 g/mol. The van der Waals surface area contributed by atoms with Gasteiger partial charge in [-0.2, -0.15) is 0 Å². The fraction of sp³-hybridized carbons (Fsp3) is 0.222. The zero-order chi connectivity index (χ0) is 17.5. The molecule has 0 aliphatic rings. The molecule has 0 aliphatic heterocycles. The van der Waals surface area contributed by atoms with E-state index in [0.29, 0.717) is 28.2 Å². The van der Waals surface area contributed by atoms with Gasteiger partial charge in [0, 0.05) is 0 Å². The Morgan fingerprint density at radius 1 is 0.833 bits per heavy atom. The van der Waals surface area contributed by atoms with Crippen molar-refractivity contribution in [3.05, 3.63) is 59.2 Å². The Hall–Kier alpha value is -3.02. The first kappa shape index (κ1) is 17.3. The van der Waals surface area contributed by atoms with E-state index in [1.165, 1.54) is 21.3 Å². The highest BCUT2D eigenvalue weighted by atomic mass is 16.5.